The van der Waals surface area contributed by atoms with Gasteiger partial charge in [-0.3, -0.25) is 0 Å². The van der Waals surface area contributed by atoms with Crippen LogP contribution in [0, 0.1) is 18.8 Å². The van der Waals surface area contributed by atoms with Crippen molar-refractivity contribution in [1.82, 2.24) is 9.55 Å². The molecule has 0 saturated carbocycles. The summed E-state index contributed by atoms with van der Waals surface area (Å²) < 4.78 is 8.87. The Balaban J connectivity index is 0.00000512. The smallest absolute Gasteiger partial charge is 0.135 e. The molecule has 58 heavy (non-hydrogen) atoms. The fraction of sp³-hybridized carbons (Fsp3) is 0.308. The van der Waals surface area contributed by atoms with Gasteiger partial charge in [0.1, 0.15) is 5.82 Å². The summed E-state index contributed by atoms with van der Waals surface area (Å²) in [6.07, 6.45) is 1.91. The van der Waals surface area contributed by atoms with E-state index < -0.39 is 0 Å². The average molecular weight is 947 g/mol. The molecule has 8 rings (SSSR count). The van der Waals surface area contributed by atoms with E-state index >= 15 is 0 Å². The molecule has 0 bridgehead atoms. The van der Waals surface area contributed by atoms with E-state index in [9.17, 15) is 0 Å². The van der Waals surface area contributed by atoms with Gasteiger partial charge in [0.15, 0.2) is 0 Å². The average Bonchev–Trinajstić information content (AvgIpc) is 3.69. The first kappa shape index (κ1) is 41.3. The van der Waals surface area contributed by atoms with Crippen LogP contribution in [0.25, 0.3) is 27.6 Å². The number of nitrogens with zero attached hydrogens (tertiary/aromatic N) is 4. The molecule has 0 aliphatic carbocycles. The van der Waals surface area contributed by atoms with Crippen LogP contribution in [0.5, 0.6) is 11.5 Å². The first-order chi connectivity index (χ1) is 26.8. The van der Waals surface area contributed by atoms with Crippen molar-refractivity contribution in [1.29, 1.82) is 0 Å². The van der Waals surface area contributed by atoms with E-state index in [1.165, 1.54) is 27.6 Å². The summed E-state index contributed by atoms with van der Waals surface area (Å²) in [5.74, 6) is 2.09. The molecule has 0 radical (unpaired) electrons. The predicted octanol–water partition coefficient (Wildman–Crippen LogP) is 14.2. The van der Waals surface area contributed by atoms with Crippen LogP contribution >= 0.6 is 0 Å². The third kappa shape index (κ3) is 7.83. The van der Waals surface area contributed by atoms with E-state index in [-0.39, 0.29) is 42.7 Å². The Morgan fingerprint density at radius 2 is 1.16 bits per heavy atom. The van der Waals surface area contributed by atoms with Crippen LogP contribution in [-0.4, -0.2) is 9.55 Å². The largest absolute Gasteiger partial charge is 0.509 e. The van der Waals surface area contributed by atoms with Crippen LogP contribution in [0.2, 0.25) is 0 Å². The normalized spacial score (nSPS) is 13.6. The Labute approximate surface area is 360 Å². The van der Waals surface area contributed by atoms with Crippen molar-refractivity contribution in [3.63, 3.8) is 0 Å². The van der Waals surface area contributed by atoms with Gasteiger partial charge in [-0.25, -0.2) is 4.98 Å². The summed E-state index contributed by atoms with van der Waals surface area (Å²) in [6.45, 7) is 29.2. The van der Waals surface area contributed by atoms with E-state index in [2.05, 4.69) is 201 Å². The number of rotatable bonds is 5. The fourth-order valence-electron chi connectivity index (χ4n) is 7.60. The Morgan fingerprint density at radius 1 is 0.534 bits per heavy atom. The Bertz CT molecular complexity index is 2640. The SMILES string of the molecule is CC(C)(C)c1cccc(N2[CH-]N(c3[c-]c(Oc4[c-]c5c(cc4)c4cc(C(C)(C)C)ccc4n5-c4cc(C(C)(C)C)ccn4)ccc3)c3ccc(C(C)(C)C)cc32)c1.[Pt]. The zero-order valence-electron chi connectivity index (χ0n) is 36.0. The summed E-state index contributed by atoms with van der Waals surface area (Å²) >= 11 is 0. The van der Waals surface area contributed by atoms with Crippen LogP contribution in [0.4, 0.5) is 22.7 Å². The number of benzene rings is 5. The maximum Gasteiger partial charge on any atom is 0.135 e. The minimum absolute atomic E-state index is 0. The fourth-order valence-corrected chi connectivity index (χ4v) is 7.60. The monoisotopic (exact) mass is 946 g/mol. The number of fused-ring (bicyclic) bond motifs is 4. The summed E-state index contributed by atoms with van der Waals surface area (Å²) in [5.41, 5.74) is 11.4. The molecule has 0 fully saturated rings. The molecule has 1 aliphatic rings. The standard InChI is InChI=1S/C52H55N4O.Pt/c1-49(2,3)34-15-13-16-38(27-34)55-33-54(45-24-20-36(29-47(45)55)51(7,8)9)39-17-14-18-40(31-39)57-41-21-22-42-43-28-35(50(4,5)6)19-23-44(43)56(46(42)32-41)48-30-37(25-26-53-48)52(10,11)12;/h13-30,33H,1-12H3;/q-3;. The van der Waals surface area contributed by atoms with Crippen molar-refractivity contribution in [3.8, 4) is 17.3 Å². The molecule has 302 valence electrons. The second kappa shape index (κ2) is 14.8. The third-order valence-corrected chi connectivity index (χ3v) is 11.2. The zero-order valence-corrected chi connectivity index (χ0v) is 38.3. The zero-order chi connectivity index (χ0) is 40.7. The van der Waals surface area contributed by atoms with Crippen molar-refractivity contribution in [3.05, 3.63) is 150 Å². The van der Waals surface area contributed by atoms with Gasteiger partial charge in [-0.15, -0.1) is 48.1 Å². The summed E-state index contributed by atoms with van der Waals surface area (Å²) in [7, 11) is 0. The molecule has 0 spiro atoms. The van der Waals surface area contributed by atoms with Crippen LogP contribution in [0.15, 0.2) is 109 Å². The van der Waals surface area contributed by atoms with Gasteiger partial charge < -0.3 is 19.1 Å². The van der Waals surface area contributed by atoms with Crippen molar-refractivity contribution in [2.45, 2.75) is 105 Å². The number of ether oxygens (including phenoxy) is 1. The van der Waals surface area contributed by atoms with Crippen LogP contribution in [0.1, 0.15) is 105 Å². The maximum absolute atomic E-state index is 6.65. The number of pyridine rings is 1. The van der Waals surface area contributed by atoms with Gasteiger partial charge in [0.05, 0.1) is 0 Å². The topological polar surface area (TPSA) is 33.5 Å². The predicted molar refractivity (Wildman–Crippen MR) is 239 cm³/mol. The van der Waals surface area contributed by atoms with E-state index in [1.54, 1.807) is 0 Å². The van der Waals surface area contributed by atoms with Gasteiger partial charge in [0.2, 0.25) is 0 Å². The molecular weight excluding hydrogens is 892 g/mol. The summed E-state index contributed by atoms with van der Waals surface area (Å²) in [6, 6.07) is 44.3. The van der Waals surface area contributed by atoms with E-state index in [1.807, 2.05) is 24.4 Å². The number of anilines is 4. The first-order valence-corrected chi connectivity index (χ1v) is 20.1. The summed E-state index contributed by atoms with van der Waals surface area (Å²) in [5, 5.41) is 2.28. The van der Waals surface area contributed by atoms with Gasteiger partial charge in [0.25, 0.3) is 0 Å². The minimum atomic E-state index is -0.0235. The van der Waals surface area contributed by atoms with Crippen LogP contribution in [-0.2, 0) is 42.7 Å². The van der Waals surface area contributed by atoms with Crippen LogP contribution < -0.4 is 14.5 Å². The molecule has 0 atom stereocenters. The molecule has 0 saturated heterocycles. The van der Waals surface area contributed by atoms with Gasteiger partial charge in [-0.2, -0.15) is 12.1 Å². The van der Waals surface area contributed by atoms with Crippen molar-refractivity contribution in [2.75, 3.05) is 9.80 Å². The van der Waals surface area contributed by atoms with E-state index in [0.29, 0.717) is 11.5 Å². The number of aromatic nitrogens is 2. The van der Waals surface area contributed by atoms with Crippen LogP contribution in [0.3, 0.4) is 0 Å². The molecule has 0 amide bonds. The summed E-state index contributed by atoms with van der Waals surface area (Å²) in [4.78, 5) is 9.41. The minimum Gasteiger partial charge on any atom is -0.509 e. The van der Waals surface area contributed by atoms with Gasteiger partial charge >= 0.3 is 0 Å². The Kier molecular flexibility index (Phi) is 10.5. The third-order valence-electron chi connectivity index (χ3n) is 11.2. The molecule has 5 aromatic carbocycles. The van der Waals surface area contributed by atoms with Gasteiger partial charge in [-0.05, 0) is 91.8 Å². The van der Waals surface area contributed by atoms with Gasteiger partial charge in [-0.1, -0.05) is 119 Å². The van der Waals surface area contributed by atoms with Gasteiger partial charge in [0, 0.05) is 61.3 Å². The molecule has 3 heterocycles. The molecule has 5 nitrogen and oxygen atoms in total. The van der Waals surface area contributed by atoms with Crippen molar-refractivity contribution >= 4 is 44.6 Å². The maximum atomic E-state index is 6.65. The first-order valence-electron chi connectivity index (χ1n) is 20.1. The number of hydrogen-bond acceptors (Lipinski definition) is 4. The molecule has 2 aromatic heterocycles. The number of hydrogen-bond donors (Lipinski definition) is 0. The second-order valence-electron chi connectivity index (χ2n) is 19.7. The molecule has 0 unspecified atom stereocenters. The van der Waals surface area contributed by atoms with Crippen molar-refractivity contribution in [2.24, 2.45) is 0 Å². The van der Waals surface area contributed by atoms with Crippen molar-refractivity contribution < 1.29 is 25.8 Å². The Hall–Kier alpha value is -4.86. The molecule has 1 aliphatic heterocycles. The second-order valence-corrected chi connectivity index (χ2v) is 19.7. The molecule has 0 N–H and O–H groups in total. The Morgan fingerprint density at radius 3 is 1.86 bits per heavy atom. The molecule has 6 heteroatoms. The quantitative estimate of drug-likeness (QED) is 0.161. The molecular formula is C52H55N4OPt-3. The van der Waals surface area contributed by atoms with E-state index in [0.717, 1.165) is 45.0 Å². The van der Waals surface area contributed by atoms with E-state index in [4.69, 9.17) is 9.72 Å². The molecule has 7 aromatic rings.